The molecule has 134 valence electrons. The smallest absolute Gasteiger partial charge is 0.305 e. The van der Waals surface area contributed by atoms with Crippen molar-refractivity contribution in [3.05, 3.63) is 33.8 Å². The Kier molecular flexibility index (Phi) is 6.55. The molecule has 0 aliphatic heterocycles. The molecule has 2 aromatic heterocycles. The van der Waals surface area contributed by atoms with Crippen molar-refractivity contribution in [3.63, 3.8) is 0 Å². The van der Waals surface area contributed by atoms with E-state index in [4.69, 9.17) is 9.15 Å². The zero-order valence-corrected chi connectivity index (χ0v) is 14.2. The lowest BCUT2D eigenvalue weighted by Crippen LogP contribution is -2.03. The first kappa shape index (κ1) is 18.5. The lowest BCUT2D eigenvalue weighted by atomic mass is 10.1. The first-order chi connectivity index (χ1) is 12.0. The number of pyridine rings is 1. The number of carbonyl (C=O) groups is 1. The molecule has 2 aromatic rings. The lowest BCUT2D eigenvalue weighted by molar-refractivity contribution is -0.385. The highest BCUT2D eigenvalue weighted by Crippen LogP contribution is 2.23. The van der Waals surface area contributed by atoms with Gasteiger partial charge in [-0.1, -0.05) is 6.42 Å². The van der Waals surface area contributed by atoms with E-state index in [1.165, 1.54) is 12.3 Å². The normalized spacial score (nSPS) is 10.6. The minimum Gasteiger partial charge on any atom is -0.466 e. The van der Waals surface area contributed by atoms with Crippen molar-refractivity contribution >= 4 is 11.7 Å². The highest BCUT2D eigenvalue weighted by Gasteiger charge is 2.16. The van der Waals surface area contributed by atoms with Crippen LogP contribution in [0.4, 0.5) is 5.69 Å². The van der Waals surface area contributed by atoms with Gasteiger partial charge in [-0.15, -0.1) is 10.2 Å². The van der Waals surface area contributed by atoms with E-state index in [1.54, 1.807) is 13.8 Å². The van der Waals surface area contributed by atoms with Crippen LogP contribution in [0.2, 0.25) is 0 Å². The number of aromatic nitrogens is 3. The quantitative estimate of drug-likeness (QED) is 0.293. The number of esters is 1. The van der Waals surface area contributed by atoms with Crippen molar-refractivity contribution < 1.29 is 18.9 Å². The molecule has 9 nitrogen and oxygen atoms in total. The summed E-state index contributed by atoms with van der Waals surface area (Å²) in [6.07, 6.45) is 4.60. The number of carbonyl (C=O) groups excluding carboxylic acids is 1. The molecule has 0 aliphatic carbocycles. The number of unbranched alkanes of at least 4 members (excludes halogenated alkanes) is 2. The summed E-state index contributed by atoms with van der Waals surface area (Å²) in [4.78, 5) is 25.5. The average Bonchev–Trinajstić information content (AvgIpc) is 3.03. The molecule has 0 unspecified atom stereocenters. The van der Waals surface area contributed by atoms with E-state index >= 15 is 0 Å². The maximum absolute atomic E-state index is 11.2. The average molecular weight is 348 g/mol. The molecule has 0 radical (unpaired) electrons. The number of nitrogens with zero attached hydrogens (tertiary/aromatic N) is 4. The lowest BCUT2D eigenvalue weighted by Gasteiger charge is -2.01. The zero-order valence-electron chi connectivity index (χ0n) is 14.2. The van der Waals surface area contributed by atoms with E-state index in [2.05, 4.69) is 15.2 Å². The van der Waals surface area contributed by atoms with Crippen LogP contribution < -0.4 is 0 Å². The first-order valence-electron chi connectivity index (χ1n) is 8.10. The van der Waals surface area contributed by atoms with Crippen LogP contribution in [0, 0.1) is 17.0 Å². The summed E-state index contributed by atoms with van der Waals surface area (Å²) in [5, 5.41) is 18.7. The van der Waals surface area contributed by atoms with Crippen LogP contribution in [0.5, 0.6) is 0 Å². The minimum atomic E-state index is -0.501. The highest BCUT2D eigenvalue weighted by atomic mass is 16.6. The van der Waals surface area contributed by atoms with E-state index in [9.17, 15) is 14.9 Å². The molecular weight excluding hydrogens is 328 g/mol. The van der Waals surface area contributed by atoms with Gasteiger partial charge < -0.3 is 9.15 Å². The van der Waals surface area contributed by atoms with Gasteiger partial charge in [0.05, 0.1) is 11.5 Å². The van der Waals surface area contributed by atoms with E-state index in [0.717, 1.165) is 19.3 Å². The molecule has 2 rings (SSSR count). The number of rotatable bonds is 9. The van der Waals surface area contributed by atoms with Crippen LogP contribution in [0.3, 0.4) is 0 Å². The fourth-order valence-electron chi connectivity index (χ4n) is 2.29. The fraction of sp³-hybridized carbons (Fsp3) is 0.500. The molecule has 0 amide bonds. The second kappa shape index (κ2) is 8.86. The summed E-state index contributed by atoms with van der Waals surface area (Å²) in [5.74, 6) is 0.543. The molecule has 0 N–H and O–H groups in total. The van der Waals surface area contributed by atoms with Gasteiger partial charge in [0.15, 0.2) is 0 Å². The van der Waals surface area contributed by atoms with Crippen LogP contribution in [-0.4, -0.2) is 32.7 Å². The zero-order chi connectivity index (χ0) is 18.2. The van der Waals surface area contributed by atoms with Crippen molar-refractivity contribution in [3.8, 4) is 11.6 Å². The number of hydrogen-bond acceptors (Lipinski definition) is 8. The van der Waals surface area contributed by atoms with E-state index in [0.29, 0.717) is 36.6 Å². The summed E-state index contributed by atoms with van der Waals surface area (Å²) >= 11 is 0. The van der Waals surface area contributed by atoms with Crippen LogP contribution in [0.1, 0.15) is 44.1 Å². The summed E-state index contributed by atoms with van der Waals surface area (Å²) in [5.41, 5.74) is 0.952. The first-order valence-corrected chi connectivity index (χ1v) is 8.10. The Morgan fingerprint density at radius 3 is 2.80 bits per heavy atom. The molecule has 0 aliphatic rings. The second-order valence-corrected chi connectivity index (χ2v) is 5.48. The van der Waals surface area contributed by atoms with Gasteiger partial charge in [0.2, 0.25) is 5.89 Å². The van der Waals surface area contributed by atoms with E-state index < -0.39 is 4.92 Å². The van der Waals surface area contributed by atoms with Crippen molar-refractivity contribution in [2.45, 2.75) is 46.0 Å². The van der Waals surface area contributed by atoms with Crippen molar-refractivity contribution in [1.29, 1.82) is 0 Å². The van der Waals surface area contributed by atoms with Crippen molar-refractivity contribution in [2.24, 2.45) is 0 Å². The standard InChI is InChI=1S/C16H20N4O5/c1-3-24-14(21)8-6-4-5-7-13-18-19-16(25-13)15-11(2)9-12(10-17-15)20(22)23/h9-10H,3-8H2,1-2H3. The Bertz CT molecular complexity index is 744. The summed E-state index contributed by atoms with van der Waals surface area (Å²) in [6, 6.07) is 1.42. The number of nitro groups is 1. The van der Waals surface area contributed by atoms with Crippen LogP contribution >= 0.6 is 0 Å². The molecule has 0 spiro atoms. The molecule has 25 heavy (non-hydrogen) atoms. The third-order valence-corrected chi connectivity index (χ3v) is 3.52. The summed E-state index contributed by atoms with van der Waals surface area (Å²) in [7, 11) is 0. The van der Waals surface area contributed by atoms with E-state index in [-0.39, 0.29) is 17.5 Å². The molecule has 9 heteroatoms. The van der Waals surface area contributed by atoms with Gasteiger partial charge in [-0.25, -0.2) is 4.98 Å². The number of aryl methyl sites for hydroxylation is 2. The Labute approximate surface area is 144 Å². The Hall–Kier alpha value is -2.84. The van der Waals surface area contributed by atoms with Crippen molar-refractivity contribution in [2.75, 3.05) is 6.61 Å². The van der Waals surface area contributed by atoms with Gasteiger partial charge >= 0.3 is 5.97 Å². The van der Waals surface area contributed by atoms with Gasteiger partial charge in [-0.2, -0.15) is 0 Å². The molecule has 0 fully saturated rings. The molecule has 0 aromatic carbocycles. The Morgan fingerprint density at radius 2 is 2.12 bits per heavy atom. The third kappa shape index (κ3) is 5.33. The van der Waals surface area contributed by atoms with Crippen LogP contribution in [-0.2, 0) is 16.0 Å². The highest BCUT2D eigenvalue weighted by molar-refractivity contribution is 5.69. The maximum atomic E-state index is 11.2. The predicted molar refractivity (Wildman–Crippen MR) is 87.7 cm³/mol. The van der Waals surface area contributed by atoms with Gasteiger partial charge in [0, 0.05) is 18.9 Å². The maximum Gasteiger partial charge on any atom is 0.305 e. The van der Waals surface area contributed by atoms with E-state index in [1.807, 2.05) is 0 Å². The monoisotopic (exact) mass is 348 g/mol. The Balaban J connectivity index is 1.86. The molecule has 0 atom stereocenters. The van der Waals surface area contributed by atoms with Gasteiger partial charge in [0.25, 0.3) is 11.6 Å². The molecule has 0 saturated carbocycles. The predicted octanol–water partition coefficient (Wildman–Crippen LogP) is 3.01. The minimum absolute atomic E-state index is 0.0809. The fourth-order valence-corrected chi connectivity index (χ4v) is 2.29. The topological polar surface area (TPSA) is 121 Å². The largest absolute Gasteiger partial charge is 0.466 e. The molecule has 0 bridgehead atoms. The molecule has 0 saturated heterocycles. The molecular formula is C16H20N4O5. The molecule has 2 heterocycles. The number of hydrogen-bond donors (Lipinski definition) is 0. The van der Waals surface area contributed by atoms with Gasteiger partial charge in [-0.05, 0) is 32.3 Å². The van der Waals surface area contributed by atoms with Crippen LogP contribution in [0.25, 0.3) is 11.6 Å². The summed E-state index contributed by atoms with van der Waals surface area (Å²) < 4.78 is 10.4. The number of ether oxygens (including phenoxy) is 1. The van der Waals surface area contributed by atoms with Gasteiger partial charge in [-0.3, -0.25) is 14.9 Å². The van der Waals surface area contributed by atoms with Crippen LogP contribution in [0.15, 0.2) is 16.7 Å². The SMILES string of the molecule is CCOC(=O)CCCCCc1nnc(-c2ncc([N+](=O)[O-])cc2C)o1. The third-order valence-electron chi connectivity index (χ3n) is 3.52. The Morgan fingerprint density at radius 1 is 1.32 bits per heavy atom. The summed E-state index contributed by atoms with van der Waals surface area (Å²) in [6.45, 7) is 3.89. The van der Waals surface area contributed by atoms with Gasteiger partial charge in [0.1, 0.15) is 11.9 Å². The second-order valence-electron chi connectivity index (χ2n) is 5.48. The van der Waals surface area contributed by atoms with Crippen molar-refractivity contribution in [1.82, 2.24) is 15.2 Å².